The van der Waals surface area contributed by atoms with E-state index in [1.54, 1.807) is 18.2 Å². The Morgan fingerprint density at radius 3 is 2.58 bits per heavy atom. The lowest BCUT2D eigenvalue weighted by Crippen LogP contribution is -2.33. The van der Waals surface area contributed by atoms with E-state index in [9.17, 15) is 8.42 Å². The zero-order valence-electron chi connectivity index (χ0n) is 10.2. The van der Waals surface area contributed by atoms with E-state index in [2.05, 4.69) is 5.32 Å². The SMILES string of the molecule is O=S1(=O)CCC(NCCOc2c(Cl)cccc2Cl)C1. The molecule has 1 aliphatic rings. The summed E-state index contributed by atoms with van der Waals surface area (Å²) in [5.41, 5.74) is 0. The lowest BCUT2D eigenvalue weighted by atomic mass is 10.3. The maximum absolute atomic E-state index is 11.3. The topological polar surface area (TPSA) is 55.4 Å². The first kappa shape index (κ1) is 14.9. The second-order valence-corrected chi connectivity index (χ2v) is 7.50. The van der Waals surface area contributed by atoms with Gasteiger partial charge in [-0.15, -0.1) is 0 Å². The van der Waals surface area contributed by atoms with E-state index < -0.39 is 9.84 Å². The van der Waals surface area contributed by atoms with Gasteiger partial charge in [0.15, 0.2) is 15.6 Å². The van der Waals surface area contributed by atoms with Crippen LogP contribution in [0.25, 0.3) is 0 Å². The summed E-state index contributed by atoms with van der Waals surface area (Å²) in [6, 6.07) is 5.19. The second kappa shape index (κ2) is 6.31. The van der Waals surface area contributed by atoms with E-state index in [4.69, 9.17) is 27.9 Å². The van der Waals surface area contributed by atoms with Gasteiger partial charge in [-0.3, -0.25) is 0 Å². The monoisotopic (exact) mass is 323 g/mol. The first-order valence-corrected chi connectivity index (χ1v) is 8.56. The Kier molecular flexibility index (Phi) is 4.95. The van der Waals surface area contributed by atoms with Crippen LogP contribution in [0, 0.1) is 0 Å². The van der Waals surface area contributed by atoms with E-state index in [0.29, 0.717) is 35.4 Å². The molecule has 1 saturated heterocycles. The molecule has 0 spiro atoms. The van der Waals surface area contributed by atoms with Crippen molar-refractivity contribution in [1.82, 2.24) is 5.32 Å². The molecular formula is C12H15Cl2NO3S. The van der Waals surface area contributed by atoms with Crippen molar-refractivity contribution in [2.24, 2.45) is 0 Å². The minimum absolute atomic E-state index is 0.0234. The summed E-state index contributed by atoms with van der Waals surface area (Å²) < 4.78 is 28.1. The highest BCUT2D eigenvalue weighted by Gasteiger charge is 2.27. The molecule has 1 heterocycles. The largest absolute Gasteiger partial charge is 0.489 e. The van der Waals surface area contributed by atoms with Gasteiger partial charge >= 0.3 is 0 Å². The Balaban J connectivity index is 1.76. The van der Waals surface area contributed by atoms with E-state index >= 15 is 0 Å². The maximum Gasteiger partial charge on any atom is 0.156 e. The van der Waals surface area contributed by atoms with Crippen LogP contribution in [-0.4, -0.2) is 39.1 Å². The molecule has 1 aliphatic heterocycles. The molecule has 1 aromatic rings. The summed E-state index contributed by atoms with van der Waals surface area (Å²) in [5.74, 6) is 0.938. The van der Waals surface area contributed by atoms with Crippen LogP contribution in [0.5, 0.6) is 5.75 Å². The summed E-state index contributed by atoms with van der Waals surface area (Å²) in [5, 5.41) is 4.09. The fraction of sp³-hybridized carbons (Fsp3) is 0.500. The highest BCUT2D eigenvalue weighted by atomic mass is 35.5. The molecule has 106 valence electrons. The molecule has 7 heteroatoms. The predicted octanol–water partition coefficient (Wildman–Crippen LogP) is 2.15. The van der Waals surface area contributed by atoms with Crippen molar-refractivity contribution in [2.45, 2.75) is 12.5 Å². The van der Waals surface area contributed by atoms with Gasteiger partial charge < -0.3 is 10.1 Å². The van der Waals surface area contributed by atoms with Crippen molar-refractivity contribution >= 4 is 33.0 Å². The van der Waals surface area contributed by atoms with Crippen molar-refractivity contribution in [2.75, 3.05) is 24.7 Å². The summed E-state index contributed by atoms with van der Waals surface area (Å²) in [4.78, 5) is 0. The zero-order valence-corrected chi connectivity index (χ0v) is 12.6. The summed E-state index contributed by atoms with van der Waals surface area (Å²) in [6.45, 7) is 0.946. The van der Waals surface area contributed by atoms with Gasteiger partial charge in [-0.1, -0.05) is 29.3 Å². The molecule has 1 aromatic carbocycles. The summed E-state index contributed by atoms with van der Waals surface area (Å²) in [6.07, 6.45) is 0.662. The lowest BCUT2D eigenvalue weighted by Gasteiger charge is -2.13. The normalized spacial score (nSPS) is 21.5. The number of rotatable bonds is 5. The third-order valence-electron chi connectivity index (χ3n) is 2.93. The quantitative estimate of drug-likeness (QED) is 0.843. The van der Waals surface area contributed by atoms with Crippen LogP contribution in [0.4, 0.5) is 0 Å². The molecule has 19 heavy (non-hydrogen) atoms. The third-order valence-corrected chi connectivity index (χ3v) is 5.30. The van der Waals surface area contributed by atoms with Gasteiger partial charge in [0.2, 0.25) is 0 Å². The molecule has 0 aromatic heterocycles. The van der Waals surface area contributed by atoms with Crippen LogP contribution in [0.3, 0.4) is 0 Å². The van der Waals surface area contributed by atoms with Gasteiger partial charge in [0.25, 0.3) is 0 Å². The molecule has 1 fully saturated rings. The molecule has 0 aliphatic carbocycles. The number of ether oxygens (including phenoxy) is 1. The van der Waals surface area contributed by atoms with E-state index in [-0.39, 0.29) is 17.5 Å². The van der Waals surface area contributed by atoms with Crippen LogP contribution in [0.2, 0.25) is 10.0 Å². The molecule has 0 radical (unpaired) electrons. The minimum atomic E-state index is -2.84. The van der Waals surface area contributed by atoms with Crippen molar-refractivity contribution in [3.63, 3.8) is 0 Å². The number of hydrogen-bond donors (Lipinski definition) is 1. The standard InChI is InChI=1S/C12H15Cl2NO3S/c13-10-2-1-3-11(14)12(10)18-6-5-15-9-4-7-19(16,17)8-9/h1-3,9,15H,4-8H2. The Morgan fingerprint density at radius 2 is 2.00 bits per heavy atom. The number of halogens is 2. The molecule has 0 saturated carbocycles. The molecule has 0 amide bonds. The number of sulfone groups is 1. The molecule has 1 N–H and O–H groups in total. The average molecular weight is 324 g/mol. The minimum Gasteiger partial charge on any atom is -0.489 e. The molecular weight excluding hydrogens is 309 g/mol. The Hall–Kier alpha value is -0.490. The number of hydrogen-bond acceptors (Lipinski definition) is 4. The highest BCUT2D eigenvalue weighted by Crippen LogP contribution is 2.32. The van der Waals surface area contributed by atoms with Gasteiger partial charge in [-0.2, -0.15) is 0 Å². The van der Waals surface area contributed by atoms with Gasteiger partial charge in [0.1, 0.15) is 6.61 Å². The molecule has 4 nitrogen and oxygen atoms in total. The van der Waals surface area contributed by atoms with Crippen molar-refractivity contribution < 1.29 is 13.2 Å². The van der Waals surface area contributed by atoms with Crippen molar-refractivity contribution in [1.29, 1.82) is 0 Å². The van der Waals surface area contributed by atoms with Gasteiger partial charge in [-0.05, 0) is 18.6 Å². The Labute approximate surface area is 123 Å². The fourth-order valence-corrected chi connectivity index (χ4v) is 4.21. The smallest absolute Gasteiger partial charge is 0.156 e. The fourth-order valence-electron chi connectivity index (χ4n) is 1.99. The third kappa shape index (κ3) is 4.24. The van der Waals surface area contributed by atoms with Crippen LogP contribution < -0.4 is 10.1 Å². The van der Waals surface area contributed by atoms with Crippen LogP contribution in [-0.2, 0) is 9.84 Å². The predicted molar refractivity (Wildman–Crippen MR) is 77.0 cm³/mol. The second-order valence-electron chi connectivity index (χ2n) is 4.45. The lowest BCUT2D eigenvalue weighted by molar-refractivity contribution is 0.308. The van der Waals surface area contributed by atoms with Crippen molar-refractivity contribution in [3.05, 3.63) is 28.2 Å². The summed E-state index contributed by atoms with van der Waals surface area (Å²) >= 11 is 11.9. The summed E-state index contributed by atoms with van der Waals surface area (Å²) in [7, 11) is -2.84. The first-order chi connectivity index (χ1) is 8.98. The molecule has 2 rings (SSSR count). The number of nitrogens with one attached hydrogen (secondary N) is 1. The first-order valence-electron chi connectivity index (χ1n) is 5.98. The van der Waals surface area contributed by atoms with Crippen LogP contribution >= 0.6 is 23.2 Å². The molecule has 1 atom stereocenters. The highest BCUT2D eigenvalue weighted by molar-refractivity contribution is 7.91. The van der Waals surface area contributed by atoms with E-state index in [1.165, 1.54) is 0 Å². The Bertz CT molecular complexity index is 528. The number of para-hydroxylation sites is 1. The average Bonchev–Trinajstić information content (AvgIpc) is 2.67. The maximum atomic E-state index is 11.3. The van der Waals surface area contributed by atoms with Crippen molar-refractivity contribution in [3.8, 4) is 5.75 Å². The molecule has 1 unspecified atom stereocenters. The van der Waals surface area contributed by atoms with E-state index in [1.807, 2.05) is 0 Å². The van der Waals surface area contributed by atoms with Gasteiger partial charge in [0, 0.05) is 12.6 Å². The van der Waals surface area contributed by atoms with Gasteiger partial charge in [-0.25, -0.2) is 8.42 Å². The van der Waals surface area contributed by atoms with E-state index in [0.717, 1.165) is 0 Å². The number of benzene rings is 1. The van der Waals surface area contributed by atoms with Gasteiger partial charge in [0.05, 0.1) is 21.6 Å². The zero-order chi connectivity index (χ0) is 13.9. The molecule has 0 bridgehead atoms. The van der Waals surface area contributed by atoms with Crippen LogP contribution in [0.15, 0.2) is 18.2 Å². The Morgan fingerprint density at radius 1 is 1.32 bits per heavy atom. The van der Waals surface area contributed by atoms with Crippen LogP contribution in [0.1, 0.15) is 6.42 Å².